The SMILES string of the molecule is O=C(NCCOC1CCCC1)c1ccc(Br)cc1Br. The minimum Gasteiger partial charge on any atom is -0.376 e. The van der Waals surface area contributed by atoms with E-state index in [1.165, 1.54) is 12.8 Å². The fraction of sp³-hybridized carbons (Fsp3) is 0.500. The molecule has 0 spiro atoms. The molecular formula is C14H17Br2NO2. The second-order valence-corrected chi connectivity index (χ2v) is 6.43. The first-order chi connectivity index (χ1) is 9.16. The van der Waals surface area contributed by atoms with E-state index in [0.717, 1.165) is 21.8 Å². The van der Waals surface area contributed by atoms with Gasteiger partial charge in [0.05, 0.1) is 18.3 Å². The molecule has 5 heteroatoms. The Labute approximate surface area is 130 Å². The Morgan fingerprint density at radius 3 is 2.74 bits per heavy atom. The molecule has 1 amide bonds. The summed E-state index contributed by atoms with van der Waals surface area (Å²) in [5.41, 5.74) is 0.643. The lowest BCUT2D eigenvalue weighted by Crippen LogP contribution is -2.28. The molecule has 0 aromatic heterocycles. The third kappa shape index (κ3) is 4.58. The van der Waals surface area contributed by atoms with Crippen LogP contribution >= 0.6 is 31.9 Å². The van der Waals surface area contributed by atoms with Crippen LogP contribution in [0.4, 0.5) is 0 Å². The summed E-state index contributed by atoms with van der Waals surface area (Å²) in [6.07, 6.45) is 5.25. The number of hydrogen-bond acceptors (Lipinski definition) is 2. The summed E-state index contributed by atoms with van der Waals surface area (Å²) in [5, 5.41) is 2.87. The van der Waals surface area contributed by atoms with Gasteiger partial charge >= 0.3 is 0 Å². The van der Waals surface area contributed by atoms with Crippen molar-refractivity contribution < 1.29 is 9.53 Å². The molecule has 1 aromatic carbocycles. The summed E-state index contributed by atoms with van der Waals surface area (Å²) >= 11 is 6.75. The maximum Gasteiger partial charge on any atom is 0.252 e. The lowest BCUT2D eigenvalue weighted by molar-refractivity contribution is 0.0581. The summed E-state index contributed by atoms with van der Waals surface area (Å²) in [7, 11) is 0. The Kier molecular flexibility index (Phi) is 5.85. The Morgan fingerprint density at radius 2 is 2.05 bits per heavy atom. The molecule has 1 fully saturated rings. The van der Waals surface area contributed by atoms with Gasteiger partial charge in [0.1, 0.15) is 0 Å². The third-order valence-electron chi connectivity index (χ3n) is 3.22. The van der Waals surface area contributed by atoms with Gasteiger partial charge in [-0.3, -0.25) is 4.79 Å². The number of amides is 1. The van der Waals surface area contributed by atoms with E-state index in [4.69, 9.17) is 4.74 Å². The molecule has 0 aliphatic heterocycles. The highest BCUT2D eigenvalue weighted by atomic mass is 79.9. The Morgan fingerprint density at radius 1 is 1.32 bits per heavy atom. The minimum absolute atomic E-state index is 0.0746. The van der Waals surface area contributed by atoms with Crippen molar-refractivity contribution in [1.82, 2.24) is 5.32 Å². The average Bonchev–Trinajstić information content (AvgIpc) is 2.87. The van der Waals surface area contributed by atoms with Gasteiger partial charge in [-0.15, -0.1) is 0 Å². The van der Waals surface area contributed by atoms with Gasteiger partial charge in [0, 0.05) is 15.5 Å². The molecule has 1 aliphatic rings. The topological polar surface area (TPSA) is 38.3 Å². The van der Waals surface area contributed by atoms with E-state index in [1.807, 2.05) is 12.1 Å². The van der Waals surface area contributed by atoms with Crippen molar-refractivity contribution in [2.24, 2.45) is 0 Å². The number of carbonyl (C=O) groups excluding carboxylic acids is 1. The van der Waals surface area contributed by atoms with Crippen LogP contribution in [0, 0.1) is 0 Å². The highest BCUT2D eigenvalue weighted by Gasteiger charge is 2.15. The average molecular weight is 391 g/mol. The molecule has 0 radical (unpaired) electrons. The molecule has 1 aromatic rings. The van der Waals surface area contributed by atoms with Gasteiger partial charge in [-0.1, -0.05) is 28.8 Å². The van der Waals surface area contributed by atoms with Crippen LogP contribution in [-0.2, 0) is 4.74 Å². The number of hydrogen-bond donors (Lipinski definition) is 1. The first kappa shape index (κ1) is 15.0. The van der Waals surface area contributed by atoms with Gasteiger partial charge in [0.25, 0.3) is 5.91 Å². The first-order valence-electron chi connectivity index (χ1n) is 6.51. The van der Waals surface area contributed by atoms with Crippen LogP contribution in [0.15, 0.2) is 27.1 Å². The van der Waals surface area contributed by atoms with Crippen LogP contribution in [0.5, 0.6) is 0 Å². The fourth-order valence-corrected chi connectivity index (χ4v) is 3.44. The highest BCUT2D eigenvalue weighted by molar-refractivity contribution is 9.11. The van der Waals surface area contributed by atoms with Gasteiger partial charge in [0.2, 0.25) is 0 Å². The quantitative estimate of drug-likeness (QED) is 0.774. The van der Waals surface area contributed by atoms with Gasteiger partial charge in [-0.05, 0) is 47.0 Å². The predicted molar refractivity (Wildman–Crippen MR) is 82.4 cm³/mol. The second kappa shape index (κ2) is 7.41. The normalized spacial score (nSPS) is 15.7. The molecule has 2 rings (SSSR count). The summed E-state index contributed by atoms with van der Waals surface area (Å²) in [4.78, 5) is 12.0. The molecule has 0 unspecified atom stereocenters. The zero-order chi connectivity index (χ0) is 13.7. The number of ether oxygens (including phenoxy) is 1. The van der Waals surface area contributed by atoms with Crippen molar-refractivity contribution in [1.29, 1.82) is 0 Å². The number of carbonyl (C=O) groups is 1. The van der Waals surface area contributed by atoms with Gasteiger partial charge in [-0.2, -0.15) is 0 Å². The smallest absolute Gasteiger partial charge is 0.252 e. The molecular weight excluding hydrogens is 374 g/mol. The largest absolute Gasteiger partial charge is 0.376 e. The zero-order valence-electron chi connectivity index (χ0n) is 10.6. The van der Waals surface area contributed by atoms with Crippen molar-refractivity contribution in [2.45, 2.75) is 31.8 Å². The maximum absolute atomic E-state index is 12.0. The monoisotopic (exact) mass is 389 g/mol. The van der Waals surface area contributed by atoms with Gasteiger partial charge < -0.3 is 10.1 Å². The number of nitrogens with one attached hydrogen (secondary N) is 1. The maximum atomic E-state index is 12.0. The summed E-state index contributed by atoms with van der Waals surface area (Å²) in [6, 6.07) is 5.51. The van der Waals surface area contributed by atoms with Crippen LogP contribution < -0.4 is 5.32 Å². The molecule has 1 saturated carbocycles. The number of benzene rings is 1. The second-order valence-electron chi connectivity index (χ2n) is 4.66. The van der Waals surface area contributed by atoms with Crippen molar-refractivity contribution >= 4 is 37.8 Å². The fourth-order valence-electron chi connectivity index (χ4n) is 2.21. The third-order valence-corrected chi connectivity index (χ3v) is 4.37. The van der Waals surface area contributed by atoms with Crippen molar-refractivity contribution in [3.63, 3.8) is 0 Å². The highest BCUT2D eigenvalue weighted by Crippen LogP contribution is 2.22. The molecule has 0 bridgehead atoms. The molecule has 0 saturated heterocycles. The van der Waals surface area contributed by atoms with E-state index in [-0.39, 0.29) is 5.91 Å². The Bertz CT molecular complexity index is 445. The van der Waals surface area contributed by atoms with E-state index >= 15 is 0 Å². The van der Waals surface area contributed by atoms with Crippen molar-refractivity contribution in [3.8, 4) is 0 Å². The van der Waals surface area contributed by atoms with Crippen LogP contribution in [-0.4, -0.2) is 25.2 Å². The van der Waals surface area contributed by atoms with E-state index in [2.05, 4.69) is 37.2 Å². The summed E-state index contributed by atoms with van der Waals surface area (Å²) in [5.74, 6) is -0.0746. The molecule has 1 aliphatic carbocycles. The molecule has 19 heavy (non-hydrogen) atoms. The van der Waals surface area contributed by atoms with Crippen LogP contribution in [0.25, 0.3) is 0 Å². The van der Waals surface area contributed by atoms with E-state index in [0.29, 0.717) is 24.8 Å². The van der Waals surface area contributed by atoms with Gasteiger partial charge in [0.15, 0.2) is 0 Å². The van der Waals surface area contributed by atoms with Crippen LogP contribution in [0.3, 0.4) is 0 Å². The van der Waals surface area contributed by atoms with Crippen molar-refractivity contribution in [3.05, 3.63) is 32.7 Å². The van der Waals surface area contributed by atoms with Crippen molar-refractivity contribution in [2.75, 3.05) is 13.2 Å². The van der Waals surface area contributed by atoms with E-state index in [1.54, 1.807) is 6.07 Å². The zero-order valence-corrected chi connectivity index (χ0v) is 13.8. The van der Waals surface area contributed by atoms with Gasteiger partial charge in [-0.25, -0.2) is 0 Å². The van der Waals surface area contributed by atoms with E-state index < -0.39 is 0 Å². The lowest BCUT2D eigenvalue weighted by Gasteiger charge is -2.12. The summed E-state index contributed by atoms with van der Waals surface area (Å²) in [6.45, 7) is 1.14. The molecule has 0 atom stereocenters. The molecule has 0 heterocycles. The molecule has 3 nitrogen and oxygen atoms in total. The standard InChI is InChI=1S/C14H17Br2NO2/c15-10-5-6-12(13(16)9-10)14(18)17-7-8-19-11-3-1-2-4-11/h5-6,9,11H,1-4,7-8H2,(H,17,18). The number of halogens is 2. The van der Waals surface area contributed by atoms with E-state index in [9.17, 15) is 4.79 Å². The Balaban J connectivity index is 1.74. The van der Waals surface area contributed by atoms with Crippen LogP contribution in [0.1, 0.15) is 36.0 Å². The number of rotatable bonds is 5. The van der Waals surface area contributed by atoms with Crippen LogP contribution in [0.2, 0.25) is 0 Å². The first-order valence-corrected chi connectivity index (χ1v) is 8.10. The predicted octanol–water partition coefficient (Wildman–Crippen LogP) is 3.90. The lowest BCUT2D eigenvalue weighted by atomic mass is 10.2. The molecule has 1 N–H and O–H groups in total. The molecule has 104 valence electrons. The minimum atomic E-state index is -0.0746. The summed E-state index contributed by atoms with van der Waals surface area (Å²) < 4.78 is 7.44. The Hall–Kier alpha value is -0.390.